The molecular formula is C25H28FN3O3. The highest BCUT2D eigenvalue weighted by molar-refractivity contribution is 5.88. The van der Waals surface area contributed by atoms with Crippen molar-refractivity contribution in [3.63, 3.8) is 0 Å². The highest BCUT2D eigenvalue weighted by Crippen LogP contribution is 2.37. The van der Waals surface area contributed by atoms with E-state index in [0.29, 0.717) is 52.4 Å². The number of ether oxygens (including phenoxy) is 2. The standard InChI is InChI=1S/C25H28FN3O3/c26-22-3-1-2-21(15-22)25(6-11-31-12-7-25)24(30)29-10-13-32-18-20(17-29)14-19-4-5-23-27-8-9-28(23)16-19/h1-5,8-9,15-16,20H,6-7,10-14,17-18H2. The summed E-state index contributed by atoms with van der Waals surface area (Å²) in [6.45, 7) is 3.30. The number of carbonyl (C=O) groups is 1. The summed E-state index contributed by atoms with van der Waals surface area (Å²) in [5, 5.41) is 0. The number of benzene rings is 1. The minimum absolute atomic E-state index is 0.0620. The van der Waals surface area contributed by atoms with Crippen molar-refractivity contribution in [3.8, 4) is 0 Å². The van der Waals surface area contributed by atoms with Crippen molar-refractivity contribution in [2.24, 2.45) is 5.92 Å². The number of rotatable bonds is 4. The average Bonchev–Trinajstić information content (AvgIpc) is 3.16. The molecule has 1 atom stereocenters. The first-order chi connectivity index (χ1) is 15.6. The Kier molecular flexibility index (Phi) is 5.93. The highest BCUT2D eigenvalue weighted by Gasteiger charge is 2.44. The fourth-order valence-electron chi connectivity index (χ4n) is 5.04. The van der Waals surface area contributed by atoms with Gasteiger partial charge in [0.2, 0.25) is 5.91 Å². The molecule has 1 unspecified atom stereocenters. The molecule has 2 saturated heterocycles. The maximum Gasteiger partial charge on any atom is 0.233 e. The number of imidazole rings is 1. The molecular weight excluding hydrogens is 409 g/mol. The molecule has 0 aliphatic carbocycles. The van der Waals surface area contributed by atoms with Crippen molar-refractivity contribution in [1.29, 1.82) is 0 Å². The van der Waals surface area contributed by atoms with Crippen molar-refractivity contribution < 1.29 is 18.7 Å². The summed E-state index contributed by atoms with van der Waals surface area (Å²) in [5.41, 5.74) is 2.10. The number of hydrogen-bond donors (Lipinski definition) is 0. The van der Waals surface area contributed by atoms with Gasteiger partial charge in [-0.15, -0.1) is 0 Å². The fourth-order valence-corrected chi connectivity index (χ4v) is 5.04. The highest BCUT2D eigenvalue weighted by atomic mass is 19.1. The van der Waals surface area contributed by atoms with Crippen LogP contribution in [-0.4, -0.2) is 59.7 Å². The molecule has 7 heteroatoms. The zero-order valence-electron chi connectivity index (χ0n) is 18.1. The van der Waals surface area contributed by atoms with Gasteiger partial charge < -0.3 is 18.8 Å². The molecule has 0 saturated carbocycles. The SMILES string of the molecule is O=C(N1CCOCC(Cc2ccc3nccn3c2)C1)C1(c2cccc(F)c2)CCOCC1. The Morgan fingerprint density at radius 2 is 2.03 bits per heavy atom. The van der Waals surface area contributed by atoms with Gasteiger partial charge in [-0.3, -0.25) is 4.79 Å². The molecule has 2 aromatic heterocycles. The molecule has 32 heavy (non-hydrogen) atoms. The number of nitrogens with zero attached hydrogens (tertiary/aromatic N) is 3. The van der Waals surface area contributed by atoms with Gasteiger partial charge in [-0.1, -0.05) is 18.2 Å². The van der Waals surface area contributed by atoms with E-state index in [9.17, 15) is 9.18 Å². The average molecular weight is 438 g/mol. The van der Waals surface area contributed by atoms with E-state index < -0.39 is 5.41 Å². The van der Waals surface area contributed by atoms with Crippen LogP contribution >= 0.6 is 0 Å². The first kappa shape index (κ1) is 21.1. The summed E-state index contributed by atoms with van der Waals surface area (Å²) in [6.07, 6.45) is 7.75. The van der Waals surface area contributed by atoms with E-state index in [1.165, 1.54) is 17.7 Å². The van der Waals surface area contributed by atoms with E-state index in [2.05, 4.69) is 17.2 Å². The van der Waals surface area contributed by atoms with Gasteiger partial charge in [0.15, 0.2) is 0 Å². The second kappa shape index (κ2) is 9.00. The lowest BCUT2D eigenvalue weighted by molar-refractivity contribution is -0.141. The summed E-state index contributed by atoms with van der Waals surface area (Å²) >= 11 is 0. The lowest BCUT2D eigenvalue weighted by atomic mass is 9.72. The van der Waals surface area contributed by atoms with Gasteiger partial charge in [-0.25, -0.2) is 9.37 Å². The molecule has 5 rings (SSSR count). The Morgan fingerprint density at radius 1 is 1.16 bits per heavy atom. The van der Waals surface area contributed by atoms with Crippen LogP contribution in [0.25, 0.3) is 5.65 Å². The maximum atomic E-state index is 14.1. The van der Waals surface area contributed by atoms with Crippen molar-refractivity contribution in [1.82, 2.24) is 14.3 Å². The number of fused-ring (bicyclic) bond motifs is 1. The number of hydrogen-bond acceptors (Lipinski definition) is 4. The molecule has 2 aliphatic rings. The molecule has 1 amide bonds. The molecule has 0 N–H and O–H groups in total. The summed E-state index contributed by atoms with van der Waals surface area (Å²) in [6, 6.07) is 10.6. The summed E-state index contributed by atoms with van der Waals surface area (Å²) in [4.78, 5) is 20.2. The van der Waals surface area contributed by atoms with E-state index in [1.54, 1.807) is 12.3 Å². The number of pyridine rings is 1. The first-order valence-corrected chi connectivity index (χ1v) is 11.3. The Labute approximate surface area is 187 Å². The number of carbonyl (C=O) groups excluding carboxylic acids is 1. The van der Waals surface area contributed by atoms with Gasteiger partial charge in [-0.2, -0.15) is 0 Å². The van der Waals surface area contributed by atoms with Crippen molar-refractivity contribution in [3.05, 3.63) is 71.9 Å². The smallest absolute Gasteiger partial charge is 0.233 e. The van der Waals surface area contributed by atoms with Gasteiger partial charge in [0, 0.05) is 50.8 Å². The lowest BCUT2D eigenvalue weighted by Crippen LogP contribution is -2.51. The second-order valence-electron chi connectivity index (χ2n) is 8.83. The predicted molar refractivity (Wildman–Crippen MR) is 118 cm³/mol. The third kappa shape index (κ3) is 4.14. The van der Waals surface area contributed by atoms with Crippen LogP contribution < -0.4 is 0 Å². The fraction of sp³-hybridized carbons (Fsp3) is 0.440. The van der Waals surface area contributed by atoms with Crippen LogP contribution in [0, 0.1) is 11.7 Å². The summed E-state index contributed by atoms with van der Waals surface area (Å²) in [5.74, 6) is -0.0630. The maximum absolute atomic E-state index is 14.1. The van der Waals surface area contributed by atoms with Gasteiger partial charge >= 0.3 is 0 Å². The van der Waals surface area contributed by atoms with Crippen LogP contribution in [0.1, 0.15) is 24.0 Å². The largest absolute Gasteiger partial charge is 0.381 e. The van der Waals surface area contributed by atoms with Crippen LogP contribution in [0.15, 0.2) is 55.0 Å². The molecule has 1 aromatic carbocycles. The lowest BCUT2D eigenvalue weighted by Gasteiger charge is -2.40. The van der Waals surface area contributed by atoms with E-state index in [-0.39, 0.29) is 17.6 Å². The van der Waals surface area contributed by atoms with Crippen LogP contribution in [0.3, 0.4) is 0 Å². The molecule has 3 aromatic rings. The number of halogens is 1. The number of aromatic nitrogens is 2. The quantitative estimate of drug-likeness (QED) is 0.629. The van der Waals surface area contributed by atoms with Crippen LogP contribution in [0.5, 0.6) is 0 Å². The topological polar surface area (TPSA) is 56.1 Å². The Morgan fingerprint density at radius 3 is 2.88 bits per heavy atom. The molecule has 2 aliphatic heterocycles. The van der Waals surface area contributed by atoms with Crippen LogP contribution in [0.2, 0.25) is 0 Å². The normalized spacial score (nSPS) is 21.4. The van der Waals surface area contributed by atoms with Crippen molar-refractivity contribution in [2.75, 3.05) is 39.5 Å². The Bertz CT molecular complexity index is 1090. The monoisotopic (exact) mass is 437 g/mol. The van der Waals surface area contributed by atoms with E-state index in [1.807, 2.05) is 27.6 Å². The minimum Gasteiger partial charge on any atom is -0.381 e. The predicted octanol–water partition coefficient (Wildman–Crippen LogP) is 3.24. The molecule has 0 radical (unpaired) electrons. The molecule has 0 bridgehead atoms. The molecule has 168 valence electrons. The molecule has 0 spiro atoms. The van der Waals surface area contributed by atoms with Crippen molar-refractivity contribution in [2.45, 2.75) is 24.7 Å². The zero-order valence-corrected chi connectivity index (χ0v) is 18.1. The first-order valence-electron chi connectivity index (χ1n) is 11.3. The Balaban J connectivity index is 1.38. The third-order valence-corrected chi connectivity index (χ3v) is 6.73. The molecule has 6 nitrogen and oxygen atoms in total. The van der Waals surface area contributed by atoms with Gasteiger partial charge in [-0.05, 0) is 48.6 Å². The van der Waals surface area contributed by atoms with Gasteiger partial charge in [0.1, 0.15) is 11.5 Å². The van der Waals surface area contributed by atoms with Crippen molar-refractivity contribution >= 4 is 11.6 Å². The summed E-state index contributed by atoms with van der Waals surface area (Å²) in [7, 11) is 0. The van der Waals surface area contributed by atoms with E-state index >= 15 is 0 Å². The third-order valence-electron chi connectivity index (χ3n) is 6.73. The van der Waals surface area contributed by atoms with E-state index in [0.717, 1.165) is 17.6 Å². The number of amides is 1. The Hall–Kier alpha value is -2.77. The van der Waals surface area contributed by atoms with Gasteiger partial charge in [0.25, 0.3) is 0 Å². The van der Waals surface area contributed by atoms with Crippen LogP contribution in [-0.2, 0) is 26.1 Å². The summed E-state index contributed by atoms with van der Waals surface area (Å²) < 4.78 is 27.5. The van der Waals surface area contributed by atoms with Crippen LogP contribution in [0.4, 0.5) is 4.39 Å². The molecule has 2 fully saturated rings. The zero-order chi connectivity index (χ0) is 22.0. The second-order valence-corrected chi connectivity index (χ2v) is 8.83. The van der Waals surface area contributed by atoms with E-state index in [4.69, 9.17) is 9.47 Å². The minimum atomic E-state index is -0.745. The van der Waals surface area contributed by atoms with Gasteiger partial charge in [0.05, 0.1) is 18.6 Å². The molecule has 4 heterocycles.